The summed E-state index contributed by atoms with van der Waals surface area (Å²) in [4.78, 5) is 14.5. The van der Waals surface area contributed by atoms with Crippen molar-refractivity contribution < 1.29 is 9.32 Å². The molecule has 6 nitrogen and oxygen atoms in total. The fraction of sp³-hybridized carbons (Fsp3) is 0.455. The lowest BCUT2D eigenvalue weighted by molar-refractivity contribution is 0.115. The van der Waals surface area contributed by atoms with E-state index < -0.39 is 10.8 Å². The summed E-state index contributed by atoms with van der Waals surface area (Å²) in [5.74, 6) is 1.97. The Bertz CT molecular complexity index is 1000. The van der Waals surface area contributed by atoms with Gasteiger partial charge in [0.1, 0.15) is 0 Å². The van der Waals surface area contributed by atoms with Crippen molar-refractivity contribution in [3.8, 4) is 0 Å². The largest absolute Gasteiger partial charge is 0.394 e. The fourth-order valence-electron chi connectivity index (χ4n) is 4.59. The number of benzene rings is 1. The van der Waals surface area contributed by atoms with Crippen LogP contribution in [0.15, 0.2) is 41.4 Å². The van der Waals surface area contributed by atoms with Gasteiger partial charge in [-0.05, 0) is 49.0 Å². The van der Waals surface area contributed by atoms with Crippen LogP contribution in [0, 0.1) is 0 Å². The lowest BCUT2D eigenvalue weighted by Gasteiger charge is -2.51. The number of nitrogens with zero attached hydrogens (tertiary/aromatic N) is 4. The van der Waals surface area contributed by atoms with Crippen molar-refractivity contribution in [1.82, 2.24) is 9.97 Å². The van der Waals surface area contributed by atoms with Gasteiger partial charge in [-0.2, -0.15) is 4.98 Å². The van der Waals surface area contributed by atoms with Crippen molar-refractivity contribution in [3.63, 3.8) is 0 Å². The summed E-state index contributed by atoms with van der Waals surface area (Å²) in [6.07, 6.45) is 7.85. The average Bonchev–Trinajstić information content (AvgIpc) is 2.75. The number of rotatable bonds is 4. The number of anilines is 2. The summed E-state index contributed by atoms with van der Waals surface area (Å²) in [5.41, 5.74) is 2.24. The van der Waals surface area contributed by atoms with Gasteiger partial charge >= 0.3 is 0 Å². The second-order valence-corrected chi connectivity index (χ2v) is 10.2. The number of hydrogen-bond acceptors (Lipinski definition) is 6. The van der Waals surface area contributed by atoms with Crippen LogP contribution in [-0.4, -0.2) is 56.8 Å². The predicted molar refractivity (Wildman–Crippen MR) is 121 cm³/mol. The van der Waals surface area contributed by atoms with Gasteiger partial charge in [0.2, 0.25) is 5.95 Å². The number of halogens is 1. The molecule has 0 amide bonds. The molecule has 3 heterocycles. The molecule has 3 aliphatic rings. The summed E-state index contributed by atoms with van der Waals surface area (Å²) in [6, 6.07) is 7.95. The van der Waals surface area contributed by atoms with E-state index in [9.17, 15) is 9.32 Å². The van der Waals surface area contributed by atoms with Gasteiger partial charge < -0.3 is 14.9 Å². The van der Waals surface area contributed by atoms with Gasteiger partial charge in [-0.25, -0.2) is 4.98 Å². The van der Waals surface area contributed by atoms with Gasteiger partial charge in [-0.3, -0.25) is 4.21 Å². The van der Waals surface area contributed by atoms with Crippen LogP contribution in [0.25, 0.3) is 5.57 Å². The SMILES string of the molecule is O=[S@@]1CCN(C2(CO)CCC2)c2nc(N3CC=C(c4ccc(Cl)cc4)CC3)ncc21. The second kappa shape index (κ2) is 7.94. The molecule has 0 unspecified atom stereocenters. The first kappa shape index (κ1) is 20.0. The maximum Gasteiger partial charge on any atom is 0.227 e. The first-order valence-electron chi connectivity index (χ1n) is 10.4. The molecule has 30 heavy (non-hydrogen) atoms. The van der Waals surface area contributed by atoms with E-state index in [2.05, 4.69) is 33.0 Å². The normalized spacial score (nSPS) is 22.9. The fourth-order valence-corrected chi connectivity index (χ4v) is 5.81. The number of aromatic nitrogens is 2. The molecule has 0 saturated heterocycles. The van der Waals surface area contributed by atoms with Gasteiger partial charge in [0.05, 0.1) is 34.0 Å². The molecule has 8 heteroatoms. The molecule has 1 aromatic carbocycles. The first-order chi connectivity index (χ1) is 14.6. The van der Waals surface area contributed by atoms with E-state index in [-0.39, 0.29) is 12.1 Å². The Labute approximate surface area is 184 Å². The maximum atomic E-state index is 12.6. The average molecular weight is 445 g/mol. The summed E-state index contributed by atoms with van der Waals surface area (Å²) >= 11 is 6.01. The lowest BCUT2D eigenvalue weighted by Crippen LogP contribution is -2.59. The van der Waals surface area contributed by atoms with E-state index >= 15 is 0 Å². The van der Waals surface area contributed by atoms with Crippen LogP contribution < -0.4 is 9.80 Å². The van der Waals surface area contributed by atoms with Gasteiger partial charge in [0.15, 0.2) is 5.82 Å². The standard InChI is InChI=1S/C22H25ClN4O2S/c23-18-4-2-16(3-5-18)17-6-10-26(11-7-17)21-24-14-19-20(25-21)27(12-13-30(19)29)22(15-28)8-1-9-22/h2-6,14,28H,1,7-13,15H2/t30-/m1/s1. The van der Waals surface area contributed by atoms with Crippen molar-refractivity contribution >= 4 is 39.7 Å². The van der Waals surface area contributed by atoms with E-state index in [4.69, 9.17) is 16.6 Å². The van der Waals surface area contributed by atoms with Crippen molar-refractivity contribution in [2.75, 3.05) is 41.8 Å². The highest BCUT2D eigenvalue weighted by Gasteiger charge is 2.45. The van der Waals surface area contributed by atoms with Crippen LogP contribution in [0.2, 0.25) is 5.02 Å². The number of aliphatic hydroxyl groups is 1. The third kappa shape index (κ3) is 3.43. The van der Waals surface area contributed by atoms with Gasteiger partial charge in [-0.1, -0.05) is 29.8 Å². The molecular weight excluding hydrogens is 420 g/mol. The molecule has 5 rings (SSSR count). The molecule has 1 saturated carbocycles. The Morgan fingerprint density at radius 3 is 2.63 bits per heavy atom. The molecule has 1 aliphatic carbocycles. The highest BCUT2D eigenvalue weighted by Crippen LogP contribution is 2.43. The Kier molecular flexibility index (Phi) is 5.29. The highest BCUT2D eigenvalue weighted by atomic mass is 35.5. The molecule has 1 atom stereocenters. The third-order valence-electron chi connectivity index (χ3n) is 6.58. The molecule has 1 aromatic heterocycles. The predicted octanol–water partition coefficient (Wildman–Crippen LogP) is 3.27. The molecule has 0 bridgehead atoms. The van der Waals surface area contributed by atoms with E-state index in [0.717, 1.165) is 49.6 Å². The Morgan fingerprint density at radius 1 is 1.20 bits per heavy atom. The van der Waals surface area contributed by atoms with E-state index in [1.165, 1.54) is 11.1 Å². The van der Waals surface area contributed by atoms with Crippen molar-refractivity contribution in [1.29, 1.82) is 0 Å². The molecule has 158 valence electrons. The minimum Gasteiger partial charge on any atom is -0.394 e. The second-order valence-electron chi connectivity index (χ2n) is 8.23. The smallest absolute Gasteiger partial charge is 0.227 e. The quantitative estimate of drug-likeness (QED) is 0.780. The molecule has 0 spiro atoms. The van der Waals surface area contributed by atoms with Crippen molar-refractivity contribution in [2.45, 2.75) is 36.1 Å². The van der Waals surface area contributed by atoms with Gasteiger partial charge in [0, 0.05) is 30.4 Å². The van der Waals surface area contributed by atoms with Crippen molar-refractivity contribution in [2.24, 2.45) is 0 Å². The van der Waals surface area contributed by atoms with Crippen LogP contribution in [0.3, 0.4) is 0 Å². The zero-order valence-electron chi connectivity index (χ0n) is 16.8. The van der Waals surface area contributed by atoms with E-state index in [1.54, 1.807) is 6.20 Å². The topological polar surface area (TPSA) is 69.6 Å². The summed E-state index contributed by atoms with van der Waals surface area (Å²) in [6.45, 7) is 2.32. The van der Waals surface area contributed by atoms with E-state index in [1.807, 2.05) is 12.1 Å². The molecule has 1 N–H and O–H groups in total. The summed E-state index contributed by atoms with van der Waals surface area (Å²) in [7, 11) is -1.09. The molecule has 0 radical (unpaired) electrons. The molecular formula is C22H25ClN4O2S. The van der Waals surface area contributed by atoms with Crippen LogP contribution in [0.1, 0.15) is 31.2 Å². The number of aliphatic hydroxyl groups excluding tert-OH is 1. The third-order valence-corrected chi connectivity index (χ3v) is 8.17. The monoisotopic (exact) mass is 444 g/mol. The van der Waals surface area contributed by atoms with Crippen molar-refractivity contribution in [3.05, 3.63) is 47.1 Å². The van der Waals surface area contributed by atoms with Gasteiger partial charge in [0.25, 0.3) is 0 Å². The lowest BCUT2D eigenvalue weighted by atomic mass is 9.76. The Balaban J connectivity index is 1.41. The first-order valence-corrected chi connectivity index (χ1v) is 12.1. The molecule has 2 aromatic rings. The van der Waals surface area contributed by atoms with E-state index in [0.29, 0.717) is 23.1 Å². The summed E-state index contributed by atoms with van der Waals surface area (Å²) < 4.78 is 12.6. The number of hydrogen-bond donors (Lipinski definition) is 1. The Hall–Kier alpha value is -1.96. The van der Waals surface area contributed by atoms with Gasteiger partial charge in [-0.15, -0.1) is 0 Å². The highest BCUT2D eigenvalue weighted by molar-refractivity contribution is 7.85. The molecule has 1 fully saturated rings. The van der Waals surface area contributed by atoms with Crippen LogP contribution in [-0.2, 0) is 10.8 Å². The zero-order chi connectivity index (χ0) is 20.7. The minimum absolute atomic E-state index is 0.106. The minimum atomic E-state index is -1.09. The van der Waals surface area contributed by atoms with Crippen LogP contribution in [0.5, 0.6) is 0 Å². The van der Waals surface area contributed by atoms with Crippen LogP contribution >= 0.6 is 11.6 Å². The zero-order valence-corrected chi connectivity index (χ0v) is 18.3. The number of fused-ring (bicyclic) bond motifs is 1. The van der Waals surface area contributed by atoms with Crippen LogP contribution in [0.4, 0.5) is 11.8 Å². The maximum absolute atomic E-state index is 12.6. The Morgan fingerprint density at radius 2 is 2.00 bits per heavy atom. The molecule has 2 aliphatic heterocycles. The summed E-state index contributed by atoms with van der Waals surface area (Å²) in [5, 5.41) is 10.8.